The number of halogens is 1. The molecule has 0 aliphatic carbocycles. The molecular weight excluding hydrogens is 248 g/mol. The number of hydrogen-bond donors (Lipinski definition) is 1. The predicted molar refractivity (Wildman–Crippen MR) is 75.1 cm³/mol. The molecule has 0 radical (unpaired) electrons. The van der Waals surface area contributed by atoms with E-state index in [4.69, 9.17) is 11.6 Å². The van der Waals surface area contributed by atoms with Crippen LogP contribution < -0.4 is 5.32 Å². The van der Waals surface area contributed by atoms with Gasteiger partial charge in [-0.25, -0.2) is 0 Å². The Kier molecular flexibility index (Phi) is 4.12. The van der Waals surface area contributed by atoms with Crippen molar-refractivity contribution in [2.24, 2.45) is 0 Å². The molecule has 0 bridgehead atoms. The van der Waals surface area contributed by atoms with Crippen molar-refractivity contribution in [3.63, 3.8) is 0 Å². The lowest BCUT2D eigenvalue weighted by atomic mass is 10.1. The van der Waals surface area contributed by atoms with Crippen molar-refractivity contribution >= 4 is 23.2 Å². The third-order valence-electron chi connectivity index (χ3n) is 3.36. The molecule has 4 heteroatoms. The maximum atomic E-state index is 12.2. The Morgan fingerprint density at radius 1 is 1.39 bits per heavy atom. The van der Waals surface area contributed by atoms with Gasteiger partial charge in [0.2, 0.25) is 5.91 Å². The quantitative estimate of drug-likeness (QED) is 0.912. The van der Waals surface area contributed by atoms with Crippen LogP contribution in [0.25, 0.3) is 0 Å². The van der Waals surface area contributed by atoms with Crippen molar-refractivity contribution in [2.45, 2.75) is 32.7 Å². The summed E-state index contributed by atoms with van der Waals surface area (Å²) in [6.45, 7) is 5.69. The molecule has 1 aliphatic heterocycles. The van der Waals surface area contributed by atoms with E-state index in [2.05, 4.69) is 5.32 Å². The first-order chi connectivity index (χ1) is 8.58. The first-order valence-corrected chi connectivity index (χ1v) is 6.77. The van der Waals surface area contributed by atoms with Gasteiger partial charge in [0.1, 0.15) is 6.04 Å². The first-order valence-electron chi connectivity index (χ1n) is 6.39. The molecule has 1 N–H and O–H groups in total. The van der Waals surface area contributed by atoms with Crippen LogP contribution in [0.4, 0.5) is 5.69 Å². The third-order valence-corrected chi connectivity index (χ3v) is 3.59. The number of nitrogens with zero attached hydrogens (tertiary/aromatic N) is 1. The lowest BCUT2D eigenvalue weighted by Gasteiger charge is -2.22. The summed E-state index contributed by atoms with van der Waals surface area (Å²) in [6, 6.07) is 5.47. The zero-order valence-electron chi connectivity index (χ0n) is 10.9. The second kappa shape index (κ2) is 5.61. The smallest absolute Gasteiger partial charge is 0.244 e. The van der Waals surface area contributed by atoms with Crippen LogP contribution in [0, 0.1) is 6.92 Å². The van der Waals surface area contributed by atoms with E-state index < -0.39 is 0 Å². The number of rotatable bonds is 3. The Morgan fingerprint density at radius 3 is 2.72 bits per heavy atom. The van der Waals surface area contributed by atoms with Crippen LogP contribution in [0.1, 0.15) is 25.3 Å². The Labute approximate surface area is 113 Å². The number of likely N-dealkylation sites (tertiary alicyclic amines) is 1. The van der Waals surface area contributed by atoms with Crippen LogP contribution in [0.2, 0.25) is 5.02 Å². The highest BCUT2D eigenvalue weighted by Gasteiger charge is 2.23. The number of anilines is 1. The molecule has 1 atom stereocenters. The van der Waals surface area contributed by atoms with Gasteiger partial charge >= 0.3 is 0 Å². The van der Waals surface area contributed by atoms with Crippen molar-refractivity contribution in [3.05, 3.63) is 28.8 Å². The normalized spacial score (nSPS) is 16.7. The van der Waals surface area contributed by atoms with Crippen molar-refractivity contribution in [2.75, 3.05) is 18.4 Å². The van der Waals surface area contributed by atoms with Crippen molar-refractivity contribution in [1.82, 2.24) is 4.90 Å². The topological polar surface area (TPSA) is 32.3 Å². The van der Waals surface area contributed by atoms with Gasteiger partial charge in [0.15, 0.2) is 0 Å². The van der Waals surface area contributed by atoms with Crippen LogP contribution in [-0.2, 0) is 4.79 Å². The van der Waals surface area contributed by atoms with E-state index in [0.29, 0.717) is 5.02 Å². The molecule has 18 heavy (non-hydrogen) atoms. The SMILES string of the molecule is Cc1ccc(Cl)cc1NC(C)C(=O)N1CCCC1. The van der Waals surface area contributed by atoms with Gasteiger partial charge in [0.05, 0.1) is 0 Å². The summed E-state index contributed by atoms with van der Waals surface area (Å²) in [5.41, 5.74) is 2.03. The average Bonchev–Trinajstić information content (AvgIpc) is 2.86. The van der Waals surface area contributed by atoms with E-state index >= 15 is 0 Å². The molecule has 1 amide bonds. The first kappa shape index (κ1) is 13.2. The minimum absolute atomic E-state index is 0.173. The average molecular weight is 267 g/mol. The molecule has 0 aromatic heterocycles. The molecule has 0 saturated carbocycles. The molecule has 98 valence electrons. The van der Waals surface area contributed by atoms with Gasteiger partial charge < -0.3 is 10.2 Å². The molecule has 0 spiro atoms. The number of hydrogen-bond acceptors (Lipinski definition) is 2. The molecule has 1 aromatic rings. The molecule has 3 nitrogen and oxygen atoms in total. The molecule has 1 saturated heterocycles. The number of benzene rings is 1. The Morgan fingerprint density at radius 2 is 2.06 bits per heavy atom. The van der Waals surface area contributed by atoms with Crippen LogP contribution in [0.3, 0.4) is 0 Å². The van der Waals surface area contributed by atoms with Crippen LogP contribution >= 0.6 is 11.6 Å². The summed E-state index contributed by atoms with van der Waals surface area (Å²) < 4.78 is 0. The monoisotopic (exact) mass is 266 g/mol. The number of nitrogens with one attached hydrogen (secondary N) is 1. The summed E-state index contributed by atoms with van der Waals surface area (Å²) >= 11 is 5.97. The fourth-order valence-corrected chi connectivity index (χ4v) is 2.43. The summed E-state index contributed by atoms with van der Waals surface area (Å²) in [6.07, 6.45) is 2.24. The second-order valence-corrected chi connectivity index (χ2v) is 5.29. The van der Waals surface area contributed by atoms with Gasteiger partial charge in [-0.15, -0.1) is 0 Å². The maximum Gasteiger partial charge on any atom is 0.244 e. The molecule has 1 unspecified atom stereocenters. The molecular formula is C14H19ClN2O. The minimum atomic E-state index is -0.208. The summed E-state index contributed by atoms with van der Waals surface area (Å²) in [7, 11) is 0. The highest BCUT2D eigenvalue weighted by Crippen LogP contribution is 2.21. The fourth-order valence-electron chi connectivity index (χ4n) is 2.26. The maximum absolute atomic E-state index is 12.2. The molecule has 1 heterocycles. The Bertz CT molecular complexity index is 441. The summed E-state index contributed by atoms with van der Waals surface area (Å²) in [4.78, 5) is 14.1. The zero-order valence-corrected chi connectivity index (χ0v) is 11.6. The van der Waals surface area contributed by atoms with Gasteiger partial charge in [-0.05, 0) is 44.4 Å². The van der Waals surface area contributed by atoms with Gasteiger partial charge in [0, 0.05) is 23.8 Å². The fraction of sp³-hybridized carbons (Fsp3) is 0.500. The van der Waals surface area contributed by atoms with Gasteiger partial charge in [0.25, 0.3) is 0 Å². The number of carbonyl (C=O) groups is 1. The number of aryl methyl sites for hydroxylation is 1. The van der Waals surface area contributed by atoms with Crippen molar-refractivity contribution in [3.8, 4) is 0 Å². The number of carbonyl (C=O) groups excluding carboxylic acids is 1. The van der Waals surface area contributed by atoms with E-state index in [0.717, 1.165) is 37.2 Å². The summed E-state index contributed by atoms with van der Waals surface area (Å²) in [5.74, 6) is 0.173. The molecule has 1 aliphatic rings. The second-order valence-electron chi connectivity index (χ2n) is 4.86. The van der Waals surface area contributed by atoms with E-state index in [1.165, 1.54) is 0 Å². The van der Waals surface area contributed by atoms with E-state index in [1.807, 2.05) is 36.9 Å². The van der Waals surface area contributed by atoms with Gasteiger partial charge in [-0.1, -0.05) is 17.7 Å². The summed E-state index contributed by atoms with van der Waals surface area (Å²) in [5, 5.41) is 3.94. The standard InChI is InChI=1S/C14H19ClN2O/c1-10-5-6-12(15)9-13(10)16-11(2)14(18)17-7-3-4-8-17/h5-6,9,11,16H,3-4,7-8H2,1-2H3. The van der Waals surface area contributed by atoms with E-state index in [1.54, 1.807) is 0 Å². The lowest BCUT2D eigenvalue weighted by Crippen LogP contribution is -2.39. The molecule has 1 fully saturated rings. The van der Waals surface area contributed by atoms with Crippen molar-refractivity contribution in [1.29, 1.82) is 0 Å². The van der Waals surface area contributed by atoms with Gasteiger partial charge in [-0.2, -0.15) is 0 Å². The van der Waals surface area contributed by atoms with Crippen molar-refractivity contribution < 1.29 is 4.79 Å². The Hall–Kier alpha value is -1.22. The van der Waals surface area contributed by atoms with Crippen LogP contribution in [0.5, 0.6) is 0 Å². The zero-order chi connectivity index (χ0) is 13.1. The van der Waals surface area contributed by atoms with E-state index in [-0.39, 0.29) is 11.9 Å². The largest absolute Gasteiger partial charge is 0.374 e. The number of amides is 1. The highest BCUT2D eigenvalue weighted by atomic mass is 35.5. The van der Waals surface area contributed by atoms with Crippen LogP contribution in [-0.4, -0.2) is 29.9 Å². The third kappa shape index (κ3) is 2.96. The minimum Gasteiger partial charge on any atom is -0.374 e. The molecule has 2 rings (SSSR count). The molecule has 1 aromatic carbocycles. The highest BCUT2D eigenvalue weighted by molar-refractivity contribution is 6.30. The van der Waals surface area contributed by atoms with Crippen LogP contribution in [0.15, 0.2) is 18.2 Å². The van der Waals surface area contributed by atoms with E-state index in [9.17, 15) is 4.79 Å². The Balaban J connectivity index is 2.03. The van der Waals surface area contributed by atoms with Gasteiger partial charge in [-0.3, -0.25) is 4.79 Å². The predicted octanol–water partition coefficient (Wildman–Crippen LogP) is 3.07. The lowest BCUT2D eigenvalue weighted by molar-refractivity contribution is -0.130.